The van der Waals surface area contributed by atoms with Gasteiger partial charge in [-0.15, -0.1) is 0 Å². The van der Waals surface area contributed by atoms with Crippen LogP contribution in [0.2, 0.25) is 5.15 Å². The smallest absolute Gasteiger partial charge is 0.246 e. The van der Waals surface area contributed by atoms with Crippen LogP contribution < -0.4 is 0 Å². The monoisotopic (exact) mass is 420 g/mol. The minimum Gasteiger partial charge on any atom is -0.334 e. The fourth-order valence-electron chi connectivity index (χ4n) is 2.88. The lowest BCUT2D eigenvalue weighted by Crippen LogP contribution is -2.35. The number of amides is 1. The van der Waals surface area contributed by atoms with Crippen LogP contribution in [0.15, 0.2) is 30.3 Å². The zero-order chi connectivity index (χ0) is 21.6. The molecule has 1 heterocycles. The van der Waals surface area contributed by atoms with Crippen LogP contribution in [-0.2, 0) is 17.9 Å². The Balaban J connectivity index is 2.17. The number of hydrogen-bond donors (Lipinski definition) is 0. The van der Waals surface area contributed by atoms with Crippen LogP contribution in [0, 0.1) is 18.7 Å². The van der Waals surface area contributed by atoms with Crippen molar-refractivity contribution >= 4 is 23.6 Å². The van der Waals surface area contributed by atoms with Crippen LogP contribution in [0.3, 0.4) is 0 Å². The zero-order valence-corrected chi connectivity index (χ0v) is 18.6. The molecule has 0 fully saturated rings. The van der Waals surface area contributed by atoms with E-state index in [0.29, 0.717) is 24.2 Å². The molecule has 0 aliphatic carbocycles. The van der Waals surface area contributed by atoms with Crippen LogP contribution >= 0.6 is 11.6 Å². The van der Waals surface area contributed by atoms with Crippen molar-refractivity contribution in [1.29, 1.82) is 0 Å². The van der Waals surface area contributed by atoms with Crippen molar-refractivity contribution in [3.63, 3.8) is 0 Å². The fraction of sp³-hybridized carbons (Fsp3) is 0.455. The van der Waals surface area contributed by atoms with Gasteiger partial charge < -0.3 is 9.80 Å². The minimum atomic E-state index is -0.289. The first-order valence-corrected chi connectivity index (χ1v) is 10.1. The first kappa shape index (κ1) is 23.1. The molecule has 5 nitrogen and oxygen atoms in total. The van der Waals surface area contributed by atoms with Gasteiger partial charge in [0.25, 0.3) is 0 Å². The third-order valence-corrected chi connectivity index (χ3v) is 4.85. The van der Waals surface area contributed by atoms with Gasteiger partial charge in [-0.1, -0.05) is 37.6 Å². The molecule has 0 saturated carbocycles. The molecule has 0 N–H and O–H groups in total. The number of hydrogen-bond acceptors (Lipinski definition) is 3. The molecule has 0 spiro atoms. The van der Waals surface area contributed by atoms with Crippen molar-refractivity contribution in [2.75, 3.05) is 27.2 Å². The molecule has 1 amide bonds. The van der Waals surface area contributed by atoms with E-state index in [2.05, 4.69) is 18.9 Å². The molecule has 0 aliphatic rings. The molecule has 7 heteroatoms. The fourth-order valence-corrected chi connectivity index (χ4v) is 3.19. The summed E-state index contributed by atoms with van der Waals surface area (Å²) < 4.78 is 15.0. The second-order valence-electron chi connectivity index (χ2n) is 7.89. The molecule has 0 saturated heterocycles. The Bertz CT molecular complexity index is 843. The van der Waals surface area contributed by atoms with Gasteiger partial charge in [0.15, 0.2) is 0 Å². The molecule has 0 unspecified atom stereocenters. The van der Waals surface area contributed by atoms with Crippen molar-refractivity contribution in [1.82, 2.24) is 19.6 Å². The summed E-state index contributed by atoms with van der Waals surface area (Å²) in [5.74, 6) is 0.00841. The van der Waals surface area contributed by atoms with E-state index in [4.69, 9.17) is 11.6 Å². The number of benzene rings is 1. The van der Waals surface area contributed by atoms with Crippen LogP contribution in [0.5, 0.6) is 0 Å². The summed E-state index contributed by atoms with van der Waals surface area (Å²) in [6.45, 7) is 8.52. The molecule has 0 atom stereocenters. The normalized spacial score (nSPS) is 11.8. The summed E-state index contributed by atoms with van der Waals surface area (Å²) in [7, 11) is 3.92. The summed E-state index contributed by atoms with van der Waals surface area (Å²) in [6, 6.07) is 6.22. The van der Waals surface area contributed by atoms with Gasteiger partial charge in [0.05, 0.1) is 5.69 Å². The molecule has 0 bridgehead atoms. The van der Waals surface area contributed by atoms with Gasteiger partial charge in [-0.2, -0.15) is 5.10 Å². The topological polar surface area (TPSA) is 41.4 Å². The first-order valence-electron chi connectivity index (χ1n) is 9.76. The number of halogens is 2. The van der Waals surface area contributed by atoms with Crippen molar-refractivity contribution in [3.8, 4) is 0 Å². The highest BCUT2D eigenvalue weighted by Gasteiger charge is 2.15. The largest absolute Gasteiger partial charge is 0.334 e. The quantitative estimate of drug-likeness (QED) is 0.569. The molecule has 0 aliphatic heterocycles. The van der Waals surface area contributed by atoms with E-state index in [1.54, 1.807) is 27.8 Å². The SMILES string of the molecule is Cc1nn(CC(C)C)c(Cl)c1C=CC(=O)N(CCN(C)C)Cc1ccc(F)cc1. The van der Waals surface area contributed by atoms with Crippen molar-refractivity contribution in [3.05, 3.63) is 58.1 Å². The van der Waals surface area contributed by atoms with Crippen LogP contribution in [0.1, 0.15) is 30.7 Å². The highest BCUT2D eigenvalue weighted by atomic mass is 35.5. The van der Waals surface area contributed by atoms with Crippen LogP contribution in [-0.4, -0.2) is 52.7 Å². The van der Waals surface area contributed by atoms with E-state index in [0.717, 1.165) is 29.9 Å². The van der Waals surface area contributed by atoms with Gasteiger partial charge in [0, 0.05) is 37.8 Å². The van der Waals surface area contributed by atoms with Crippen LogP contribution in [0.25, 0.3) is 6.08 Å². The number of carbonyl (C=O) groups excluding carboxylic acids is 1. The van der Waals surface area contributed by atoms with Crippen LogP contribution in [0.4, 0.5) is 4.39 Å². The maximum Gasteiger partial charge on any atom is 0.246 e. The lowest BCUT2D eigenvalue weighted by atomic mass is 10.2. The summed E-state index contributed by atoms with van der Waals surface area (Å²) in [5, 5.41) is 5.02. The van der Waals surface area contributed by atoms with E-state index in [1.807, 2.05) is 25.9 Å². The van der Waals surface area contributed by atoms with Gasteiger partial charge in [-0.3, -0.25) is 9.48 Å². The number of nitrogens with zero attached hydrogens (tertiary/aromatic N) is 4. The number of likely N-dealkylation sites (N-methyl/N-ethyl adjacent to an activating group) is 1. The molecular weight excluding hydrogens is 391 g/mol. The van der Waals surface area contributed by atoms with E-state index in [-0.39, 0.29) is 11.7 Å². The third-order valence-electron chi connectivity index (χ3n) is 4.46. The number of aromatic nitrogens is 2. The van der Waals surface area contributed by atoms with E-state index >= 15 is 0 Å². The van der Waals surface area contributed by atoms with E-state index in [1.165, 1.54) is 18.2 Å². The second kappa shape index (κ2) is 10.6. The molecule has 29 heavy (non-hydrogen) atoms. The molecule has 1 aromatic carbocycles. The van der Waals surface area contributed by atoms with Gasteiger partial charge in [-0.05, 0) is 50.7 Å². The third kappa shape index (κ3) is 6.98. The van der Waals surface area contributed by atoms with Gasteiger partial charge in [0.2, 0.25) is 5.91 Å². The average Bonchev–Trinajstić information content (AvgIpc) is 2.90. The Morgan fingerprint density at radius 1 is 1.24 bits per heavy atom. The summed E-state index contributed by atoms with van der Waals surface area (Å²) in [6.07, 6.45) is 3.27. The Hall–Kier alpha value is -2.18. The van der Waals surface area contributed by atoms with Gasteiger partial charge >= 0.3 is 0 Å². The number of rotatable bonds is 9. The van der Waals surface area contributed by atoms with Gasteiger partial charge in [0.1, 0.15) is 11.0 Å². The van der Waals surface area contributed by atoms with Gasteiger partial charge in [-0.25, -0.2) is 4.39 Å². The average molecular weight is 421 g/mol. The van der Waals surface area contributed by atoms with E-state index in [9.17, 15) is 9.18 Å². The Kier molecular flexibility index (Phi) is 8.41. The predicted molar refractivity (Wildman–Crippen MR) is 116 cm³/mol. The number of carbonyl (C=O) groups is 1. The minimum absolute atomic E-state index is 0.122. The molecule has 1 aromatic heterocycles. The lowest BCUT2D eigenvalue weighted by Gasteiger charge is -2.23. The molecule has 158 valence electrons. The maximum atomic E-state index is 13.2. The first-order chi connectivity index (χ1) is 13.7. The van der Waals surface area contributed by atoms with E-state index < -0.39 is 0 Å². The molecule has 2 aromatic rings. The van der Waals surface area contributed by atoms with Crippen molar-refractivity contribution < 1.29 is 9.18 Å². The van der Waals surface area contributed by atoms with Crippen molar-refractivity contribution in [2.45, 2.75) is 33.9 Å². The Morgan fingerprint density at radius 2 is 1.90 bits per heavy atom. The summed E-state index contributed by atoms with van der Waals surface area (Å²) in [5.41, 5.74) is 2.43. The molecule has 0 radical (unpaired) electrons. The number of aryl methyl sites for hydroxylation is 1. The second-order valence-corrected chi connectivity index (χ2v) is 8.25. The Labute approximate surface area is 177 Å². The maximum absolute atomic E-state index is 13.2. The van der Waals surface area contributed by atoms with Crippen molar-refractivity contribution in [2.24, 2.45) is 5.92 Å². The highest BCUT2D eigenvalue weighted by molar-refractivity contribution is 6.31. The molecule has 2 rings (SSSR count). The standard InChI is InChI=1S/C22H30ClFN4O/c1-16(2)14-28-22(23)20(17(3)25-28)10-11-21(29)27(13-12-26(4)5)15-18-6-8-19(24)9-7-18/h6-11,16H,12-15H2,1-5H3. The lowest BCUT2D eigenvalue weighted by molar-refractivity contribution is -0.126. The highest BCUT2D eigenvalue weighted by Crippen LogP contribution is 2.22. The Morgan fingerprint density at radius 3 is 2.48 bits per heavy atom. The molecular formula is C22H30ClFN4O. The zero-order valence-electron chi connectivity index (χ0n) is 17.8. The predicted octanol–water partition coefficient (Wildman–Crippen LogP) is 4.24. The summed E-state index contributed by atoms with van der Waals surface area (Å²) in [4.78, 5) is 16.6. The summed E-state index contributed by atoms with van der Waals surface area (Å²) >= 11 is 6.47.